The van der Waals surface area contributed by atoms with Crippen molar-refractivity contribution in [3.63, 3.8) is 0 Å². The van der Waals surface area contributed by atoms with E-state index in [2.05, 4.69) is 5.16 Å². The molecular weight excluding hydrogens is 267 g/mol. The zero-order valence-electron chi connectivity index (χ0n) is 11.9. The van der Waals surface area contributed by atoms with Crippen LogP contribution in [-0.4, -0.2) is 5.16 Å². The lowest BCUT2D eigenvalue weighted by Gasteiger charge is -2.06. The molecule has 0 amide bonds. The van der Waals surface area contributed by atoms with Crippen molar-refractivity contribution < 1.29 is 8.91 Å². The van der Waals surface area contributed by atoms with Gasteiger partial charge in [0.2, 0.25) is 5.88 Å². The average Bonchev–Trinajstić information content (AvgIpc) is 2.84. The van der Waals surface area contributed by atoms with Crippen molar-refractivity contribution >= 4 is 5.88 Å². The second kappa shape index (κ2) is 5.05. The molecule has 3 nitrogen and oxygen atoms in total. The average molecular weight is 282 g/mol. The molecule has 0 radical (unpaired) electrons. The lowest BCUT2D eigenvalue weighted by molar-refractivity contribution is 0.439. The summed E-state index contributed by atoms with van der Waals surface area (Å²) in [7, 11) is 0. The van der Waals surface area contributed by atoms with Gasteiger partial charge in [-0.15, -0.1) is 0 Å². The third kappa shape index (κ3) is 2.29. The molecule has 21 heavy (non-hydrogen) atoms. The summed E-state index contributed by atoms with van der Waals surface area (Å²) < 4.78 is 19.1. The van der Waals surface area contributed by atoms with E-state index in [9.17, 15) is 4.39 Å². The highest BCUT2D eigenvalue weighted by molar-refractivity contribution is 5.87. The summed E-state index contributed by atoms with van der Waals surface area (Å²) in [6.45, 7) is 4.05. The van der Waals surface area contributed by atoms with Crippen LogP contribution in [0.3, 0.4) is 0 Å². The van der Waals surface area contributed by atoms with E-state index >= 15 is 0 Å². The Bertz CT molecular complexity index is 808. The normalized spacial score (nSPS) is 10.8. The van der Waals surface area contributed by atoms with E-state index in [1.54, 1.807) is 18.2 Å². The predicted molar refractivity (Wildman–Crippen MR) is 81.2 cm³/mol. The van der Waals surface area contributed by atoms with E-state index in [1.165, 1.54) is 11.6 Å². The van der Waals surface area contributed by atoms with Crippen molar-refractivity contribution in [2.75, 3.05) is 5.73 Å². The molecule has 2 N–H and O–H groups in total. The van der Waals surface area contributed by atoms with Gasteiger partial charge in [0, 0.05) is 5.56 Å². The smallest absolute Gasteiger partial charge is 0.230 e. The van der Waals surface area contributed by atoms with E-state index < -0.39 is 0 Å². The number of nitrogens with zero attached hydrogens (tertiary/aromatic N) is 1. The van der Waals surface area contributed by atoms with Crippen LogP contribution in [0.15, 0.2) is 47.0 Å². The molecule has 0 saturated heterocycles. The molecule has 3 rings (SSSR count). The molecule has 1 heterocycles. The van der Waals surface area contributed by atoms with Gasteiger partial charge in [0.25, 0.3) is 0 Å². The van der Waals surface area contributed by atoms with E-state index in [4.69, 9.17) is 10.3 Å². The molecule has 4 heteroatoms. The molecule has 106 valence electrons. The maximum Gasteiger partial charge on any atom is 0.230 e. The zero-order valence-corrected chi connectivity index (χ0v) is 11.9. The summed E-state index contributed by atoms with van der Waals surface area (Å²) in [6.07, 6.45) is 0. The molecule has 0 fully saturated rings. The molecule has 0 aliphatic rings. The number of hydrogen-bond donors (Lipinski definition) is 1. The lowest BCUT2D eigenvalue weighted by atomic mass is 9.97. The van der Waals surface area contributed by atoms with Gasteiger partial charge >= 0.3 is 0 Å². The third-order valence-electron chi connectivity index (χ3n) is 3.64. The van der Waals surface area contributed by atoms with Gasteiger partial charge in [-0.2, -0.15) is 0 Å². The fourth-order valence-electron chi connectivity index (χ4n) is 2.32. The van der Waals surface area contributed by atoms with Crippen LogP contribution in [0.5, 0.6) is 0 Å². The Morgan fingerprint density at radius 1 is 1.05 bits per heavy atom. The number of nitrogens with two attached hydrogens (primary N) is 1. The minimum absolute atomic E-state index is 0.191. The van der Waals surface area contributed by atoms with Crippen LogP contribution in [0, 0.1) is 19.7 Å². The highest BCUT2D eigenvalue weighted by Crippen LogP contribution is 2.37. The molecule has 0 aliphatic heterocycles. The highest BCUT2D eigenvalue weighted by atomic mass is 19.1. The first-order valence-electron chi connectivity index (χ1n) is 6.65. The van der Waals surface area contributed by atoms with Gasteiger partial charge < -0.3 is 10.3 Å². The Morgan fingerprint density at radius 3 is 2.52 bits per heavy atom. The van der Waals surface area contributed by atoms with Crippen molar-refractivity contribution in [1.29, 1.82) is 0 Å². The first kappa shape index (κ1) is 13.4. The second-order valence-corrected chi connectivity index (χ2v) is 5.05. The SMILES string of the molecule is Cc1ccc(-c2c(-c3ccccc3F)noc2N)cc1C. The van der Waals surface area contributed by atoms with Crippen molar-refractivity contribution in [3.8, 4) is 22.4 Å². The lowest BCUT2D eigenvalue weighted by Crippen LogP contribution is -1.91. The van der Waals surface area contributed by atoms with Gasteiger partial charge in [0.1, 0.15) is 11.5 Å². The van der Waals surface area contributed by atoms with Gasteiger partial charge in [-0.3, -0.25) is 0 Å². The van der Waals surface area contributed by atoms with Crippen LogP contribution in [-0.2, 0) is 0 Å². The Morgan fingerprint density at radius 2 is 1.81 bits per heavy atom. The first-order chi connectivity index (χ1) is 10.1. The Labute approximate surface area is 122 Å². The van der Waals surface area contributed by atoms with Crippen LogP contribution in [0.1, 0.15) is 11.1 Å². The van der Waals surface area contributed by atoms with Crippen LogP contribution in [0.2, 0.25) is 0 Å². The van der Waals surface area contributed by atoms with Gasteiger partial charge in [-0.25, -0.2) is 4.39 Å². The van der Waals surface area contributed by atoms with Crippen molar-refractivity contribution in [3.05, 3.63) is 59.4 Å². The van der Waals surface area contributed by atoms with E-state index in [-0.39, 0.29) is 11.7 Å². The van der Waals surface area contributed by atoms with Crippen molar-refractivity contribution in [1.82, 2.24) is 5.16 Å². The molecule has 1 aromatic heterocycles. The summed E-state index contributed by atoms with van der Waals surface area (Å²) in [4.78, 5) is 0. The highest BCUT2D eigenvalue weighted by Gasteiger charge is 2.19. The van der Waals surface area contributed by atoms with E-state index in [0.29, 0.717) is 16.8 Å². The predicted octanol–water partition coefficient (Wildman–Crippen LogP) is 4.35. The fourth-order valence-corrected chi connectivity index (χ4v) is 2.32. The number of aromatic nitrogens is 1. The molecule has 0 saturated carbocycles. The molecule has 0 bridgehead atoms. The number of aryl methyl sites for hydroxylation is 2. The van der Waals surface area contributed by atoms with Crippen LogP contribution in [0.4, 0.5) is 10.3 Å². The fraction of sp³-hybridized carbons (Fsp3) is 0.118. The molecule has 0 spiro atoms. The van der Waals surface area contributed by atoms with Crippen LogP contribution in [0.25, 0.3) is 22.4 Å². The number of rotatable bonds is 2. The summed E-state index contributed by atoms with van der Waals surface area (Å²) >= 11 is 0. The Balaban J connectivity index is 2.22. The van der Waals surface area contributed by atoms with E-state index in [0.717, 1.165) is 11.1 Å². The topological polar surface area (TPSA) is 52.0 Å². The maximum atomic E-state index is 14.0. The van der Waals surface area contributed by atoms with Crippen molar-refractivity contribution in [2.45, 2.75) is 13.8 Å². The molecule has 2 aromatic carbocycles. The largest absolute Gasteiger partial charge is 0.367 e. The summed E-state index contributed by atoms with van der Waals surface area (Å²) in [5.74, 6) is -0.160. The summed E-state index contributed by atoms with van der Waals surface area (Å²) in [5, 5.41) is 3.94. The number of nitrogen functional groups attached to an aromatic ring is 1. The monoisotopic (exact) mass is 282 g/mol. The molecule has 0 unspecified atom stereocenters. The molecule has 0 aliphatic carbocycles. The summed E-state index contributed by atoms with van der Waals surface area (Å²) in [5.41, 5.74) is 10.5. The van der Waals surface area contributed by atoms with Gasteiger partial charge in [-0.05, 0) is 42.7 Å². The number of halogens is 1. The van der Waals surface area contributed by atoms with Gasteiger partial charge in [-0.1, -0.05) is 35.5 Å². The Hall–Kier alpha value is -2.62. The molecule has 0 atom stereocenters. The third-order valence-corrected chi connectivity index (χ3v) is 3.64. The van der Waals surface area contributed by atoms with Gasteiger partial charge in [0.15, 0.2) is 0 Å². The van der Waals surface area contributed by atoms with E-state index in [1.807, 2.05) is 32.0 Å². The number of hydrogen-bond acceptors (Lipinski definition) is 3. The maximum absolute atomic E-state index is 14.0. The standard InChI is InChI=1S/C17H15FN2O/c1-10-7-8-12(9-11(10)2)15-16(20-21-17(15)19)13-5-3-4-6-14(13)18/h3-9H,19H2,1-2H3. The first-order valence-corrected chi connectivity index (χ1v) is 6.65. The Kier molecular flexibility index (Phi) is 3.22. The number of anilines is 1. The minimum Gasteiger partial charge on any atom is -0.367 e. The van der Waals surface area contributed by atoms with Crippen LogP contribution < -0.4 is 5.73 Å². The summed E-state index contributed by atoms with van der Waals surface area (Å²) in [6, 6.07) is 12.4. The zero-order chi connectivity index (χ0) is 15.0. The van der Waals surface area contributed by atoms with Gasteiger partial charge in [0.05, 0.1) is 5.56 Å². The number of benzene rings is 2. The molecular formula is C17H15FN2O. The quantitative estimate of drug-likeness (QED) is 0.760. The van der Waals surface area contributed by atoms with Crippen molar-refractivity contribution in [2.24, 2.45) is 0 Å². The van der Waals surface area contributed by atoms with Crippen LogP contribution >= 0.6 is 0 Å². The minimum atomic E-state index is -0.351. The molecule has 3 aromatic rings. The second-order valence-electron chi connectivity index (χ2n) is 5.05.